The number of aliphatic hydroxyl groups is 1. The second-order valence-corrected chi connectivity index (χ2v) is 7.94. The fraction of sp³-hybridized carbons (Fsp3) is 0.647. The molecule has 1 aromatic carbocycles. The van der Waals surface area contributed by atoms with E-state index in [2.05, 4.69) is 0 Å². The number of benzene rings is 1. The molecular weight excluding hydrogens is 258 g/mol. The summed E-state index contributed by atoms with van der Waals surface area (Å²) in [6.07, 6.45) is 1.68. The van der Waals surface area contributed by atoms with Crippen molar-refractivity contribution in [1.82, 2.24) is 0 Å². The summed E-state index contributed by atoms with van der Waals surface area (Å²) in [5.41, 5.74) is -1.53. The standard InChI is InChI=1S/C17H24F2O/c1-11-6-7-12(18)13(14(11)19)17(20)9-15(2,3)8-16(4,5)10-17/h6-7,20H,8-10H2,1-5H3. The summed E-state index contributed by atoms with van der Waals surface area (Å²) in [7, 11) is 0. The zero-order valence-corrected chi connectivity index (χ0v) is 13.0. The summed E-state index contributed by atoms with van der Waals surface area (Å²) in [5.74, 6) is -1.26. The molecule has 1 aliphatic carbocycles. The maximum atomic E-state index is 14.4. The normalized spacial score (nSPS) is 23.6. The fourth-order valence-electron chi connectivity index (χ4n) is 4.33. The van der Waals surface area contributed by atoms with Gasteiger partial charge in [-0.2, -0.15) is 0 Å². The number of aryl methyl sites for hydroxylation is 1. The first-order chi connectivity index (χ1) is 8.96. The van der Waals surface area contributed by atoms with Crippen LogP contribution in [-0.2, 0) is 5.60 Å². The van der Waals surface area contributed by atoms with Gasteiger partial charge >= 0.3 is 0 Å². The van der Waals surface area contributed by atoms with Crippen LogP contribution < -0.4 is 0 Å². The molecular formula is C17H24F2O. The SMILES string of the molecule is Cc1ccc(F)c(C2(O)CC(C)(C)CC(C)(C)C2)c1F. The summed E-state index contributed by atoms with van der Waals surface area (Å²) in [5, 5.41) is 11.0. The van der Waals surface area contributed by atoms with Crippen molar-refractivity contribution in [2.75, 3.05) is 0 Å². The van der Waals surface area contributed by atoms with Crippen LogP contribution in [0.5, 0.6) is 0 Å². The highest BCUT2D eigenvalue weighted by Crippen LogP contribution is 2.54. The Bertz CT molecular complexity index is 516. The third-order valence-electron chi connectivity index (χ3n) is 4.25. The summed E-state index contributed by atoms with van der Waals surface area (Å²) in [6.45, 7) is 9.78. The van der Waals surface area contributed by atoms with Crippen molar-refractivity contribution in [3.8, 4) is 0 Å². The van der Waals surface area contributed by atoms with Gasteiger partial charge in [0.25, 0.3) is 0 Å². The number of rotatable bonds is 1. The first-order valence-electron chi connectivity index (χ1n) is 7.13. The summed E-state index contributed by atoms with van der Waals surface area (Å²) < 4.78 is 28.6. The minimum Gasteiger partial charge on any atom is -0.385 e. The maximum Gasteiger partial charge on any atom is 0.135 e. The molecule has 0 radical (unpaired) electrons. The molecule has 1 N–H and O–H groups in total. The third kappa shape index (κ3) is 2.73. The highest BCUT2D eigenvalue weighted by molar-refractivity contribution is 5.32. The predicted octanol–water partition coefficient (Wildman–Crippen LogP) is 4.70. The molecule has 0 aliphatic heterocycles. The van der Waals surface area contributed by atoms with Crippen LogP contribution in [0, 0.1) is 29.4 Å². The van der Waals surface area contributed by atoms with Gasteiger partial charge in [0, 0.05) is 0 Å². The number of hydrogen-bond donors (Lipinski definition) is 1. The Morgan fingerprint density at radius 3 is 1.95 bits per heavy atom. The highest BCUT2D eigenvalue weighted by atomic mass is 19.1. The molecule has 0 aromatic heterocycles. The van der Waals surface area contributed by atoms with E-state index in [-0.39, 0.29) is 16.4 Å². The molecule has 0 unspecified atom stereocenters. The van der Waals surface area contributed by atoms with E-state index in [0.717, 1.165) is 6.42 Å². The van der Waals surface area contributed by atoms with Crippen molar-refractivity contribution in [2.24, 2.45) is 10.8 Å². The second-order valence-electron chi connectivity index (χ2n) is 7.94. The van der Waals surface area contributed by atoms with Crippen LogP contribution in [0.4, 0.5) is 8.78 Å². The van der Waals surface area contributed by atoms with Crippen molar-refractivity contribution in [2.45, 2.75) is 59.5 Å². The van der Waals surface area contributed by atoms with Gasteiger partial charge in [0.2, 0.25) is 0 Å². The molecule has 0 heterocycles. The van der Waals surface area contributed by atoms with Crippen LogP contribution in [-0.4, -0.2) is 5.11 Å². The molecule has 1 aromatic rings. The van der Waals surface area contributed by atoms with Crippen LogP contribution >= 0.6 is 0 Å². The van der Waals surface area contributed by atoms with Crippen LogP contribution in [0.1, 0.15) is 58.1 Å². The van der Waals surface area contributed by atoms with Gasteiger partial charge in [0.05, 0.1) is 11.2 Å². The predicted molar refractivity (Wildman–Crippen MR) is 76.4 cm³/mol. The molecule has 1 aliphatic rings. The lowest BCUT2D eigenvalue weighted by atomic mass is 9.58. The smallest absolute Gasteiger partial charge is 0.135 e. The molecule has 0 atom stereocenters. The van der Waals surface area contributed by atoms with Crippen molar-refractivity contribution in [1.29, 1.82) is 0 Å². The van der Waals surface area contributed by atoms with Crippen molar-refractivity contribution in [3.63, 3.8) is 0 Å². The van der Waals surface area contributed by atoms with Crippen LogP contribution in [0.15, 0.2) is 12.1 Å². The Morgan fingerprint density at radius 1 is 0.950 bits per heavy atom. The summed E-state index contributed by atoms with van der Waals surface area (Å²) in [6, 6.07) is 2.66. The monoisotopic (exact) mass is 282 g/mol. The van der Waals surface area contributed by atoms with E-state index in [0.29, 0.717) is 18.4 Å². The Balaban J connectivity index is 2.58. The molecule has 0 bridgehead atoms. The van der Waals surface area contributed by atoms with Crippen LogP contribution in [0.3, 0.4) is 0 Å². The number of hydrogen-bond acceptors (Lipinski definition) is 1. The van der Waals surface area contributed by atoms with E-state index in [9.17, 15) is 13.9 Å². The maximum absolute atomic E-state index is 14.4. The lowest BCUT2D eigenvalue weighted by Gasteiger charge is -2.49. The molecule has 0 saturated heterocycles. The second kappa shape index (κ2) is 4.52. The van der Waals surface area contributed by atoms with Crippen molar-refractivity contribution in [3.05, 3.63) is 34.9 Å². The first kappa shape index (κ1) is 15.4. The Hall–Kier alpha value is -0.960. The zero-order valence-electron chi connectivity index (χ0n) is 13.0. The van der Waals surface area contributed by atoms with Crippen molar-refractivity contribution < 1.29 is 13.9 Å². The zero-order chi connectivity index (χ0) is 15.3. The van der Waals surface area contributed by atoms with Crippen LogP contribution in [0.2, 0.25) is 0 Å². The van der Waals surface area contributed by atoms with Crippen LogP contribution in [0.25, 0.3) is 0 Å². The third-order valence-corrected chi connectivity index (χ3v) is 4.25. The van der Waals surface area contributed by atoms with Gasteiger partial charge in [-0.3, -0.25) is 0 Å². The molecule has 0 spiro atoms. The van der Waals surface area contributed by atoms with Crippen molar-refractivity contribution >= 4 is 0 Å². The molecule has 112 valence electrons. The Labute approximate surface area is 120 Å². The minimum absolute atomic E-state index is 0.154. The van der Waals surface area contributed by atoms with Gasteiger partial charge in [0.15, 0.2) is 0 Å². The van der Waals surface area contributed by atoms with E-state index in [1.54, 1.807) is 6.92 Å². The quantitative estimate of drug-likeness (QED) is 0.791. The number of halogens is 2. The molecule has 20 heavy (non-hydrogen) atoms. The lowest BCUT2D eigenvalue weighted by Crippen LogP contribution is -2.45. The summed E-state index contributed by atoms with van der Waals surface area (Å²) in [4.78, 5) is 0. The minimum atomic E-state index is -1.44. The lowest BCUT2D eigenvalue weighted by molar-refractivity contribution is -0.0951. The molecule has 1 nitrogen and oxygen atoms in total. The molecule has 1 fully saturated rings. The average Bonchev–Trinajstić information content (AvgIpc) is 2.18. The van der Waals surface area contributed by atoms with E-state index in [1.807, 2.05) is 27.7 Å². The first-order valence-corrected chi connectivity index (χ1v) is 7.13. The molecule has 0 amide bonds. The fourth-order valence-corrected chi connectivity index (χ4v) is 4.33. The van der Waals surface area contributed by atoms with E-state index in [1.165, 1.54) is 12.1 Å². The molecule has 2 rings (SSSR count). The van der Waals surface area contributed by atoms with Gasteiger partial charge < -0.3 is 5.11 Å². The van der Waals surface area contributed by atoms with E-state index < -0.39 is 17.2 Å². The van der Waals surface area contributed by atoms with E-state index >= 15 is 0 Å². The highest BCUT2D eigenvalue weighted by Gasteiger charge is 2.49. The van der Waals surface area contributed by atoms with Gasteiger partial charge in [-0.1, -0.05) is 33.8 Å². The van der Waals surface area contributed by atoms with Gasteiger partial charge in [-0.05, 0) is 48.6 Å². The van der Waals surface area contributed by atoms with Gasteiger partial charge in [-0.15, -0.1) is 0 Å². The van der Waals surface area contributed by atoms with Gasteiger partial charge in [-0.25, -0.2) is 8.78 Å². The summed E-state index contributed by atoms with van der Waals surface area (Å²) >= 11 is 0. The largest absolute Gasteiger partial charge is 0.385 e. The van der Waals surface area contributed by atoms with Gasteiger partial charge in [0.1, 0.15) is 11.6 Å². The Morgan fingerprint density at radius 2 is 1.45 bits per heavy atom. The van der Waals surface area contributed by atoms with E-state index in [4.69, 9.17) is 0 Å². The molecule has 1 saturated carbocycles. The Kier molecular flexibility index (Phi) is 3.49. The average molecular weight is 282 g/mol. The molecule has 3 heteroatoms. The topological polar surface area (TPSA) is 20.2 Å².